The van der Waals surface area contributed by atoms with E-state index < -0.39 is 6.10 Å². The van der Waals surface area contributed by atoms with Crippen molar-refractivity contribution in [3.63, 3.8) is 0 Å². The highest BCUT2D eigenvalue weighted by Crippen LogP contribution is 2.25. The lowest BCUT2D eigenvalue weighted by Gasteiger charge is -2.17. The van der Waals surface area contributed by atoms with Gasteiger partial charge in [-0.15, -0.1) is 0 Å². The zero-order valence-electron chi connectivity index (χ0n) is 15.2. The molecule has 5 nitrogen and oxygen atoms in total. The van der Waals surface area contributed by atoms with Crippen LogP contribution in [-0.2, 0) is 16.0 Å². The van der Waals surface area contributed by atoms with Gasteiger partial charge in [0.25, 0.3) is 0 Å². The summed E-state index contributed by atoms with van der Waals surface area (Å²) in [7, 11) is 0. The topological polar surface area (TPSA) is 57.0 Å². The van der Waals surface area contributed by atoms with Crippen molar-refractivity contribution < 1.29 is 9.53 Å². The van der Waals surface area contributed by atoms with E-state index >= 15 is 0 Å². The zero-order valence-corrected chi connectivity index (χ0v) is 15.2. The van der Waals surface area contributed by atoms with Gasteiger partial charge >= 0.3 is 5.97 Å². The number of benzene rings is 2. The molecular formula is C23H19N3O2. The molecule has 28 heavy (non-hydrogen) atoms. The van der Waals surface area contributed by atoms with Crippen LogP contribution in [0.1, 0.15) is 22.9 Å². The normalized spacial score (nSPS) is 11.7. The van der Waals surface area contributed by atoms with Crippen molar-refractivity contribution >= 4 is 5.97 Å². The van der Waals surface area contributed by atoms with Crippen LogP contribution in [0, 0.1) is 0 Å². The lowest BCUT2D eigenvalue weighted by atomic mass is 10.1. The van der Waals surface area contributed by atoms with Crippen molar-refractivity contribution in [2.75, 3.05) is 0 Å². The maximum atomic E-state index is 12.6. The summed E-state index contributed by atoms with van der Waals surface area (Å²) in [5.41, 5.74) is 3.32. The molecule has 0 bridgehead atoms. The van der Waals surface area contributed by atoms with Crippen LogP contribution >= 0.6 is 0 Å². The van der Waals surface area contributed by atoms with Crippen LogP contribution < -0.4 is 0 Å². The Morgan fingerprint density at radius 1 is 0.929 bits per heavy atom. The van der Waals surface area contributed by atoms with Crippen molar-refractivity contribution in [2.45, 2.75) is 12.5 Å². The SMILES string of the molecule is O=C(Cc1cnn(-c2ccccc2)c1)OC(c1ccccc1)c1ccccn1. The molecule has 0 fully saturated rings. The first-order chi connectivity index (χ1) is 13.8. The Kier molecular flexibility index (Phi) is 5.24. The molecule has 0 radical (unpaired) electrons. The number of ether oxygens (including phenoxy) is 1. The smallest absolute Gasteiger partial charge is 0.311 e. The van der Waals surface area contributed by atoms with Crippen molar-refractivity contribution in [1.82, 2.24) is 14.8 Å². The van der Waals surface area contributed by atoms with Gasteiger partial charge in [0, 0.05) is 18.0 Å². The number of aromatic nitrogens is 3. The summed E-state index contributed by atoms with van der Waals surface area (Å²) in [5, 5.41) is 4.33. The van der Waals surface area contributed by atoms with Gasteiger partial charge in [-0.2, -0.15) is 5.10 Å². The maximum absolute atomic E-state index is 12.6. The Bertz CT molecular complexity index is 992. The maximum Gasteiger partial charge on any atom is 0.311 e. The fourth-order valence-corrected chi connectivity index (χ4v) is 2.97. The van der Waals surface area contributed by atoms with Crippen LogP contribution in [0.25, 0.3) is 5.69 Å². The van der Waals surface area contributed by atoms with E-state index in [9.17, 15) is 4.79 Å². The van der Waals surface area contributed by atoms with Crippen LogP contribution in [0.5, 0.6) is 0 Å². The van der Waals surface area contributed by atoms with Gasteiger partial charge in [0.15, 0.2) is 6.10 Å². The van der Waals surface area contributed by atoms with Crippen LogP contribution in [0.3, 0.4) is 0 Å². The monoisotopic (exact) mass is 369 g/mol. The molecule has 0 spiro atoms. The minimum Gasteiger partial charge on any atom is -0.451 e. The Balaban J connectivity index is 1.50. The highest BCUT2D eigenvalue weighted by Gasteiger charge is 2.20. The third-order valence-electron chi connectivity index (χ3n) is 4.31. The molecule has 4 rings (SSSR count). The standard InChI is InChI=1S/C23H19N3O2/c27-22(15-18-16-25-26(17-18)20-11-5-2-6-12-20)28-23(19-9-3-1-4-10-19)21-13-7-8-14-24-21/h1-14,16-17,23H,15H2. The van der Waals surface area contributed by atoms with Crippen LogP contribution in [0.2, 0.25) is 0 Å². The van der Waals surface area contributed by atoms with Crippen molar-refractivity contribution in [3.8, 4) is 5.69 Å². The van der Waals surface area contributed by atoms with Gasteiger partial charge in [0.2, 0.25) is 0 Å². The minimum absolute atomic E-state index is 0.142. The Hall–Kier alpha value is -3.73. The number of carbonyl (C=O) groups is 1. The molecule has 0 saturated heterocycles. The fourth-order valence-electron chi connectivity index (χ4n) is 2.97. The summed E-state index contributed by atoms with van der Waals surface area (Å²) in [6.45, 7) is 0. The number of hydrogen-bond acceptors (Lipinski definition) is 4. The van der Waals surface area contributed by atoms with E-state index in [2.05, 4.69) is 10.1 Å². The van der Waals surface area contributed by atoms with E-state index in [1.807, 2.05) is 85.1 Å². The molecular weight excluding hydrogens is 350 g/mol. The molecule has 1 unspecified atom stereocenters. The summed E-state index contributed by atoms with van der Waals surface area (Å²) in [5.74, 6) is -0.327. The highest BCUT2D eigenvalue weighted by molar-refractivity contribution is 5.73. The molecule has 2 aromatic carbocycles. The van der Waals surface area contributed by atoms with Gasteiger partial charge in [-0.05, 0) is 29.8 Å². The molecule has 1 atom stereocenters. The fraction of sp³-hybridized carbons (Fsp3) is 0.0870. The average Bonchev–Trinajstić information content (AvgIpc) is 3.22. The number of pyridine rings is 1. The third kappa shape index (κ3) is 4.15. The number of nitrogens with zero attached hydrogens (tertiary/aromatic N) is 3. The van der Waals surface area contributed by atoms with Crippen molar-refractivity contribution in [1.29, 1.82) is 0 Å². The second kappa shape index (κ2) is 8.31. The molecule has 2 aromatic heterocycles. The molecule has 0 aliphatic rings. The van der Waals surface area contributed by atoms with E-state index in [0.29, 0.717) is 5.69 Å². The van der Waals surface area contributed by atoms with Gasteiger partial charge in [-0.3, -0.25) is 9.78 Å². The number of carbonyl (C=O) groups excluding carboxylic acids is 1. The summed E-state index contributed by atoms with van der Waals surface area (Å²) < 4.78 is 7.55. The minimum atomic E-state index is -0.543. The first-order valence-electron chi connectivity index (χ1n) is 9.04. The quantitative estimate of drug-likeness (QED) is 0.479. The Labute approximate surface area is 163 Å². The number of esters is 1. The molecule has 0 aliphatic carbocycles. The third-order valence-corrected chi connectivity index (χ3v) is 4.31. The predicted octanol–water partition coefficient (Wildman–Crippen LogP) is 4.14. The summed E-state index contributed by atoms with van der Waals surface area (Å²) in [6, 6.07) is 25.0. The van der Waals surface area contributed by atoms with E-state index in [1.54, 1.807) is 17.1 Å². The lowest BCUT2D eigenvalue weighted by Crippen LogP contribution is -2.15. The lowest BCUT2D eigenvalue weighted by molar-refractivity contribution is -0.146. The van der Waals surface area contributed by atoms with E-state index in [0.717, 1.165) is 16.8 Å². The zero-order chi connectivity index (χ0) is 19.2. The van der Waals surface area contributed by atoms with Gasteiger partial charge in [-0.25, -0.2) is 4.68 Å². The number of hydrogen-bond donors (Lipinski definition) is 0. The molecule has 0 amide bonds. The van der Waals surface area contributed by atoms with E-state index in [1.165, 1.54) is 0 Å². The summed E-state index contributed by atoms with van der Waals surface area (Å²) in [4.78, 5) is 17.0. The Morgan fingerprint density at radius 2 is 1.64 bits per heavy atom. The van der Waals surface area contributed by atoms with Gasteiger partial charge in [0.1, 0.15) is 0 Å². The molecule has 0 N–H and O–H groups in total. The van der Waals surface area contributed by atoms with E-state index in [-0.39, 0.29) is 12.4 Å². The van der Waals surface area contributed by atoms with Crippen molar-refractivity contribution in [3.05, 3.63) is 114 Å². The number of rotatable bonds is 6. The molecule has 5 heteroatoms. The van der Waals surface area contributed by atoms with E-state index in [4.69, 9.17) is 4.74 Å². The Morgan fingerprint density at radius 3 is 2.36 bits per heavy atom. The second-order valence-corrected chi connectivity index (χ2v) is 6.34. The van der Waals surface area contributed by atoms with Crippen LogP contribution in [-0.4, -0.2) is 20.7 Å². The molecule has 138 valence electrons. The van der Waals surface area contributed by atoms with Crippen LogP contribution in [0.4, 0.5) is 0 Å². The van der Waals surface area contributed by atoms with Gasteiger partial charge in [0.05, 0.1) is 24.0 Å². The summed E-state index contributed by atoms with van der Waals surface area (Å²) in [6.07, 6.45) is 4.83. The highest BCUT2D eigenvalue weighted by atomic mass is 16.5. The van der Waals surface area contributed by atoms with Gasteiger partial charge in [-0.1, -0.05) is 54.6 Å². The second-order valence-electron chi connectivity index (χ2n) is 6.34. The molecule has 2 heterocycles. The number of para-hydroxylation sites is 1. The first kappa shape index (κ1) is 17.7. The van der Waals surface area contributed by atoms with Crippen LogP contribution in [0.15, 0.2) is 97.5 Å². The first-order valence-corrected chi connectivity index (χ1v) is 9.04. The largest absolute Gasteiger partial charge is 0.451 e. The molecule has 4 aromatic rings. The average molecular weight is 369 g/mol. The predicted molar refractivity (Wildman–Crippen MR) is 106 cm³/mol. The summed E-state index contributed by atoms with van der Waals surface area (Å²) >= 11 is 0. The van der Waals surface area contributed by atoms with Crippen molar-refractivity contribution in [2.24, 2.45) is 0 Å². The molecule has 0 saturated carbocycles. The van der Waals surface area contributed by atoms with Gasteiger partial charge < -0.3 is 4.74 Å². The molecule has 0 aliphatic heterocycles.